The molecule has 1 atom stereocenters. The number of rotatable bonds is 5. The Balaban J connectivity index is 2.07. The van der Waals surface area contributed by atoms with Crippen molar-refractivity contribution in [3.05, 3.63) is 36.0 Å². The van der Waals surface area contributed by atoms with Gasteiger partial charge in [-0.15, -0.1) is 0 Å². The van der Waals surface area contributed by atoms with Crippen molar-refractivity contribution in [2.24, 2.45) is 11.7 Å². The quantitative estimate of drug-likeness (QED) is 0.900. The molecule has 0 saturated carbocycles. The van der Waals surface area contributed by atoms with Crippen molar-refractivity contribution in [2.75, 3.05) is 0 Å². The van der Waals surface area contributed by atoms with Crippen LogP contribution in [-0.4, -0.2) is 16.2 Å². The minimum Gasteiger partial charge on any atom is -0.339 e. The molecule has 0 radical (unpaired) electrons. The highest BCUT2D eigenvalue weighted by molar-refractivity contribution is 5.53. The maximum absolute atomic E-state index is 13.1. The van der Waals surface area contributed by atoms with Crippen LogP contribution >= 0.6 is 0 Å². The highest BCUT2D eigenvalue weighted by Crippen LogP contribution is 2.17. The molecule has 0 amide bonds. The van der Waals surface area contributed by atoms with Crippen LogP contribution in [0.5, 0.6) is 0 Å². The Hall–Kier alpha value is -1.75. The summed E-state index contributed by atoms with van der Waals surface area (Å²) in [5.74, 6) is 1.10. The Kier molecular flexibility index (Phi) is 4.27. The van der Waals surface area contributed by atoms with Gasteiger partial charge in [0.25, 0.3) is 0 Å². The average molecular weight is 263 g/mol. The molecule has 1 aromatic heterocycles. The first-order valence-corrected chi connectivity index (χ1v) is 6.38. The molecule has 0 aliphatic rings. The van der Waals surface area contributed by atoms with Crippen LogP contribution in [-0.2, 0) is 6.42 Å². The van der Waals surface area contributed by atoms with Gasteiger partial charge in [0, 0.05) is 18.0 Å². The lowest BCUT2D eigenvalue weighted by Crippen LogP contribution is -2.24. The molecule has 5 heteroatoms. The summed E-state index contributed by atoms with van der Waals surface area (Å²) >= 11 is 0. The van der Waals surface area contributed by atoms with E-state index in [1.165, 1.54) is 12.1 Å². The highest BCUT2D eigenvalue weighted by atomic mass is 19.1. The van der Waals surface area contributed by atoms with Crippen LogP contribution in [0, 0.1) is 11.7 Å². The lowest BCUT2D eigenvalue weighted by molar-refractivity contribution is 0.359. The van der Waals surface area contributed by atoms with Gasteiger partial charge in [-0.05, 0) is 24.5 Å². The zero-order valence-corrected chi connectivity index (χ0v) is 11.1. The molecule has 19 heavy (non-hydrogen) atoms. The number of hydrogen-bond acceptors (Lipinski definition) is 4. The number of aromatic nitrogens is 2. The first-order chi connectivity index (χ1) is 9.04. The van der Waals surface area contributed by atoms with Crippen LogP contribution in [0.4, 0.5) is 4.39 Å². The molecule has 2 aromatic rings. The van der Waals surface area contributed by atoms with Gasteiger partial charge in [0.1, 0.15) is 5.82 Å². The van der Waals surface area contributed by atoms with Crippen molar-refractivity contribution in [3.63, 3.8) is 0 Å². The minimum absolute atomic E-state index is 0.000750. The van der Waals surface area contributed by atoms with Crippen LogP contribution in [0.25, 0.3) is 11.4 Å². The second kappa shape index (κ2) is 5.93. The zero-order chi connectivity index (χ0) is 13.8. The van der Waals surface area contributed by atoms with Gasteiger partial charge in [-0.3, -0.25) is 0 Å². The van der Waals surface area contributed by atoms with Crippen LogP contribution in [0.15, 0.2) is 28.8 Å². The predicted octanol–water partition coefficient (Wildman–Crippen LogP) is 2.79. The van der Waals surface area contributed by atoms with E-state index in [-0.39, 0.29) is 11.9 Å². The van der Waals surface area contributed by atoms with Crippen LogP contribution in [0.1, 0.15) is 26.2 Å². The fourth-order valence-electron chi connectivity index (χ4n) is 2.00. The highest BCUT2D eigenvalue weighted by Gasteiger charge is 2.13. The Morgan fingerprint density at radius 2 is 2.16 bits per heavy atom. The molecule has 2 N–H and O–H groups in total. The molecule has 0 fully saturated rings. The molecular weight excluding hydrogens is 245 g/mol. The molecule has 102 valence electrons. The zero-order valence-electron chi connectivity index (χ0n) is 11.1. The standard InChI is InChI=1S/C14H18FN3O/c1-9(2)6-12(16)8-13-17-14(18-19-13)10-4-3-5-11(15)7-10/h3-5,7,9,12H,6,8,16H2,1-2H3. The fourth-order valence-corrected chi connectivity index (χ4v) is 2.00. The van der Waals surface area contributed by atoms with Crippen molar-refractivity contribution in [1.82, 2.24) is 10.1 Å². The molecular formula is C14H18FN3O. The Morgan fingerprint density at radius 1 is 1.37 bits per heavy atom. The van der Waals surface area contributed by atoms with Gasteiger partial charge < -0.3 is 10.3 Å². The predicted molar refractivity (Wildman–Crippen MR) is 70.8 cm³/mol. The van der Waals surface area contributed by atoms with Gasteiger partial charge in [0.15, 0.2) is 0 Å². The van der Waals surface area contributed by atoms with Crippen molar-refractivity contribution >= 4 is 0 Å². The summed E-state index contributed by atoms with van der Waals surface area (Å²) in [5, 5.41) is 3.85. The summed E-state index contributed by atoms with van der Waals surface area (Å²) in [4.78, 5) is 4.24. The summed E-state index contributed by atoms with van der Waals surface area (Å²) < 4.78 is 18.3. The molecule has 1 unspecified atom stereocenters. The van der Waals surface area contributed by atoms with E-state index in [2.05, 4.69) is 24.0 Å². The van der Waals surface area contributed by atoms with E-state index in [4.69, 9.17) is 10.3 Å². The first kappa shape index (κ1) is 13.7. The minimum atomic E-state index is -0.319. The summed E-state index contributed by atoms with van der Waals surface area (Å²) in [6.07, 6.45) is 1.44. The van der Waals surface area contributed by atoms with Gasteiger partial charge in [-0.25, -0.2) is 4.39 Å². The second-order valence-electron chi connectivity index (χ2n) is 5.12. The normalized spacial score (nSPS) is 12.9. The van der Waals surface area contributed by atoms with E-state index in [1.807, 2.05) is 0 Å². The van der Waals surface area contributed by atoms with Crippen molar-refractivity contribution in [2.45, 2.75) is 32.7 Å². The molecule has 0 saturated heterocycles. The van der Waals surface area contributed by atoms with E-state index < -0.39 is 0 Å². The number of nitrogens with zero attached hydrogens (tertiary/aromatic N) is 2. The number of nitrogens with two attached hydrogens (primary N) is 1. The Morgan fingerprint density at radius 3 is 2.84 bits per heavy atom. The molecule has 1 aromatic carbocycles. The third kappa shape index (κ3) is 3.86. The van der Waals surface area contributed by atoms with Gasteiger partial charge in [-0.1, -0.05) is 31.1 Å². The third-order valence-electron chi connectivity index (χ3n) is 2.76. The van der Waals surface area contributed by atoms with Gasteiger partial charge >= 0.3 is 0 Å². The summed E-state index contributed by atoms with van der Waals surface area (Å²) in [5.41, 5.74) is 6.60. The maximum Gasteiger partial charge on any atom is 0.228 e. The molecule has 4 nitrogen and oxygen atoms in total. The van der Waals surface area contributed by atoms with Crippen LogP contribution in [0.2, 0.25) is 0 Å². The third-order valence-corrected chi connectivity index (χ3v) is 2.76. The van der Waals surface area contributed by atoms with Crippen molar-refractivity contribution in [3.8, 4) is 11.4 Å². The lowest BCUT2D eigenvalue weighted by Gasteiger charge is -2.10. The fraction of sp³-hybridized carbons (Fsp3) is 0.429. The number of halogens is 1. The largest absolute Gasteiger partial charge is 0.339 e. The molecule has 0 bridgehead atoms. The van der Waals surface area contributed by atoms with Gasteiger partial charge in [0.05, 0.1) is 0 Å². The number of benzene rings is 1. The Labute approximate surface area is 111 Å². The average Bonchev–Trinajstić information content (AvgIpc) is 2.76. The SMILES string of the molecule is CC(C)CC(N)Cc1nc(-c2cccc(F)c2)no1. The van der Waals surface area contributed by atoms with E-state index in [0.29, 0.717) is 29.6 Å². The summed E-state index contributed by atoms with van der Waals surface area (Å²) in [6, 6.07) is 6.11. The molecule has 0 spiro atoms. The molecule has 0 aliphatic carbocycles. The van der Waals surface area contributed by atoms with Crippen LogP contribution < -0.4 is 5.73 Å². The van der Waals surface area contributed by atoms with Crippen molar-refractivity contribution in [1.29, 1.82) is 0 Å². The number of hydrogen-bond donors (Lipinski definition) is 1. The smallest absolute Gasteiger partial charge is 0.228 e. The van der Waals surface area contributed by atoms with Crippen LogP contribution in [0.3, 0.4) is 0 Å². The maximum atomic E-state index is 13.1. The van der Waals surface area contributed by atoms with E-state index in [9.17, 15) is 4.39 Å². The van der Waals surface area contributed by atoms with E-state index in [1.54, 1.807) is 12.1 Å². The topological polar surface area (TPSA) is 64.9 Å². The monoisotopic (exact) mass is 263 g/mol. The summed E-state index contributed by atoms with van der Waals surface area (Å²) in [7, 11) is 0. The molecule has 2 rings (SSSR count). The second-order valence-corrected chi connectivity index (χ2v) is 5.12. The molecule has 1 heterocycles. The summed E-state index contributed by atoms with van der Waals surface area (Å²) in [6.45, 7) is 4.23. The first-order valence-electron chi connectivity index (χ1n) is 6.38. The molecule has 0 aliphatic heterocycles. The lowest BCUT2D eigenvalue weighted by atomic mass is 10.0. The van der Waals surface area contributed by atoms with Gasteiger partial charge in [-0.2, -0.15) is 4.98 Å². The van der Waals surface area contributed by atoms with E-state index >= 15 is 0 Å². The van der Waals surface area contributed by atoms with Crippen molar-refractivity contribution < 1.29 is 8.91 Å². The van der Waals surface area contributed by atoms with E-state index in [0.717, 1.165) is 6.42 Å². The van der Waals surface area contributed by atoms with Gasteiger partial charge in [0.2, 0.25) is 11.7 Å². The Bertz CT molecular complexity index is 539.